The first-order valence-corrected chi connectivity index (χ1v) is 12.8. The molecule has 5 rings (SSSR count). The molecule has 1 aromatic carbocycles. The predicted octanol–water partition coefficient (Wildman–Crippen LogP) is 4.30. The number of fused-ring (bicyclic) bond motifs is 2. The maximum atomic E-state index is 14.6. The van der Waals surface area contributed by atoms with Gasteiger partial charge in [0.2, 0.25) is 15.3 Å². The van der Waals surface area contributed by atoms with Crippen molar-refractivity contribution in [3.05, 3.63) is 83.1 Å². The van der Waals surface area contributed by atoms with Crippen molar-refractivity contribution in [1.29, 1.82) is 0 Å². The van der Waals surface area contributed by atoms with Crippen LogP contribution in [-0.4, -0.2) is 41.4 Å². The number of nitrogens with one attached hydrogen (secondary N) is 1. The van der Waals surface area contributed by atoms with Gasteiger partial charge in [0.05, 0.1) is 47.3 Å². The Balaban J connectivity index is 1.38. The van der Waals surface area contributed by atoms with Gasteiger partial charge >= 0.3 is 0 Å². The number of hydrogen-bond acceptors (Lipinski definition) is 7. The van der Waals surface area contributed by atoms with Crippen LogP contribution in [0.15, 0.2) is 59.6 Å². The van der Waals surface area contributed by atoms with E-state index in [1.807, 2.05) is 0 Å². The van der Waals surface area contributed by atoms with Crippen LogP contribution in [0.2, 0.25) is 0 Å². The third-order valence-corrected chi connectivity index (χ3v) is 7.66. The van der Waals surface area contributed by atoms with Crippen molar-refractivity contribution in [3.63, 3.8) is 0 Å². The van der Waals surface area contributed by atoms with Crippen molar-refractivity contribution >= 4 is 26.6 Å². The van der Waals surface area contributed by atoms with Gasteiger partial charge in [0.15, 0.2) is 0 Å². The summed E-state index contributed by atoms with van der Waals surface area (Å²) in [6.07, 6.45) is -1.22. The molecule has 38 heavy (non-hydrogen) atoms. The molecule has 1 amide bonds. The van der Waals surface area contributed by atoms with Crippen LogP contribution in [0.4, 0.5) is 17.6 Å². The van der Waals surface area contributed by atoms with Crippen LogP contribution in [0, 0.1) is 5.82 Å². The summed E-state index contributed by atoms with van der Waals surface area (Å²) in [7, 11) is -4.54. The highest BCUT2D eigenvalue weighted by Gasteiger charge is 2.35. The number of sulfone groups is 1. The largest absolute Gasteiger partial charge is 0.372 e. The zero-order valence-corrected chi connectivity index (χ0v) is 20.2. The first kappa shape index (κ1) is 25.7. The van der Waals surface area contributed by atoms with E-state index in [2.05, 4.69) is 20.3 Å². The normalized spacial score (nSPS) is 16.7. The number of aromatic nitrogens is 3. The molecule has 0 bridgehead atoms. The molecule has 0 fully saturated rings. The number of hydrogen-bond donors (Lipinski definition) is 1. The van der Waals surface area contributed by atoms with Gasteiger partial charge in [-0.3, -0.25) is 9.78 Å². The van der Waals surface area contributed by atoms with E-state index in [-0.39, 0.29) is 29.1 Å². The van der Waals surface area contributed by atoms with Gasteiger partial charge in [0.25, 0.3) is 12.3 Å². The first-order chi connectivity index (χ1) is 18.1. The zero-order valence-electron chi connectivity index (χ0n) is 19.4. The second-order valence-electron chi connectivity index (χ2n) is 8.40. The summed E-state index contributed by atoms with van der Waals surface area (Å²) in [5.41, 5.74) is -1.96. The standard InChI is InChI=1S/C25H18F4N4O4S/c26-17-6-14(7-22-16(17)11-37-12-23(27)38(22,35)36)25(34)31-10-15-8-21-13(9-30-15)4-5-19(33-21)18-2-1-3-20(32-18)24(28)29/h1-9,23-24H,10-12H2,(H,31,34)/t23-/m1/s1. The lowest BCUT2D eigenvalue weighted by Gasteiger charge is -2.11. The fourth-order valence-corrected chi connectivity index (χ4v) is 5.25. The first-order valence-electron chi connectivity index (χ1n) is 11.2. The molecule has 1 N–H and O–H groups in total. The Morgan fingerprint density at radius 3 is 2.68 bits per heavy atom. The number of rotatable bonds is 5. The number of halogens is 4. The van der Waals surface area contributed by atoms with E-state index in [0.29, 0.717) is 22.3 Å². The quantitative estimate of drug-likeness (QED) is 0.372. The highest BCUT2D eigenvalue weighted by molar-refractivity contribution is 7.92. The van der Waals surface area contributed by atoms with Crippen LogP contribution < -0.4 is 5.32 Å². The van der Waals surface area contributed by atoms with Gasteiger partial charge < -0.3 is 10.1 Å². The van der Waals surface area contributed by atoms with Gasteiger partial charge in [-0.2, -0.15) is 0 Å². The van der Waals surface area contributed by atoms with Crippen LogP contribution >= 0.6 is 0 Å². The van der Waals surface area contributed by atoms with E-state index in [1.165, 1.54) is 18.3 Å². The second-order valence-corrected chi connectivity index (χ2v) is 10.4. The van der Waals surface area contributed by atoms with Gasteiger partial charge in [0.1, 0.15) is 11.5 Å². The molecule has 1 atom stereocenters. The lowest BCUT2D eigenvalue weighted by molar-refractivity contribution is 0.0938. The van der Waals surface area contributed by atoms with Gasteiger partial charge in [0, 0.05) is 22.7 Å². The molecular weight excluding hydrogens is 528 g/mol. The number of benzene rings is 1. The Bertz CT molecular complexity index is 1670. The lowest BCUT2D eigenvalue weighted by Crippen LogP contribution is -2.25. The Morgan fingerprint density at radius 2 is 1.89 bits per heavy atom. The summed E-state index contributed by atoms with van der Waals surface area (Å²) in [5.74, 6) is -1.81. The third kappa shape index (κ3) is 4.94. The predicted molar refractivity (Wildman–Crippen MR) is 127 cm³/mol. The fraction of sp³-hybridized carbons (Fsp3) is 0.200. The molecular formula is C25H18F4N4O4S. The molecule has 8 nitrogen and oxygen atoms in total. The summed E-state index contributed by atoms with van der Waals surface area (Å²) in [6, 6.07) is 10.9. The van der Waals surface area contributed by atoms with Crippen LogP contribution in [-0.2, 0) is 27.7 Å². The lowest BCUT2D eigenvalue weighted by atomic mass is 10.1. The summed E-state index contributed by atoms with van der Waals surface area (Å²) < 4.78 is 84.5. The van der Waals surface area contributed by atoms with Gasteiger partial charge in [-0.1, -0.05) is 6.07 Å². The summed E-state index contributed by atoms with van der Waals surface area (Å²) in [6.45, 7) is -1.31. The Labute approximate surface area is 213 Å². The van der Waals surface area contributed by atoms with E-state index in [0.717, 1.165) is 12.1 Å². The van der Waals surface area contributed by atoms with E-state index in [9.17, 15) is 30.8 Å². The molecule has 0 aliphatic carbocycles. The van der Waals surface area contributed by atoms with Crippen molar-refractivity contribution in [2.75, 3.05) is 6.61 Å². The van der Waals surface area contributed by atoms with Gasteiger partial charge in [-0.15, -0.1) is 0 Å². The van der Waals surface area contributed by atoms with Crippen LogP contribution in [0.5, 0.6) is 0 Å². The number of carbonyl (C=O) groups excluding carboxylic acids is 1. The molecule has 3 aromatic heterocycles. The Kier molecular flexibility index (Phi) is 6.80. The summed E-state index contributed by atoms with van der Waals surface area (Å²) in [5, 5.41) is 3.17. The summed E-state index contributed by atoms with van der Waals surface area (Å²) in [4.78, 5) is 24.7. The average molecular weight is 547 g/mol. The van der Waals surface area contributed by atoms with E-state index < -0.39 is 51.6 Å². The molecule has 196 valence electrons. The monoisotopic (exact) mass is 546 g/mol. The van der Waals surface area contributed by atoms with Crippen LogP contribution in [0.3, 0.4) is 0 Å². The smallest absolute Gasteiger partial charge is 0.280 e. The van der Waals surface area contributed by atoms with E-state index in [4.69, 9.17) is 4.74 Å². The van der Waals surface area contributed by atoms with E-state index >= 15 is 0 Å². The van der Waals surface area contributed by atoms with Crippen molar-refractivity contribution in [2.24, 2.45) is 0 Å². The number of nitrogens with zero attached hydrogens (tertiary/aromatic N) is 3. The van der Waals surface area contributed by atoms with Crippen molar-refractivity contribution in [3.8, 4) is 11.4 Å². The highest BCUT2D eigenvalue weighted by atomic mass is 32.2. The molecule has 4 aromatic rings. The number of amides is 1. The Morgan fingerprint density at radius 1 is 1.11 bits per heavy atom. The molecule has 1 aliphatic heterocycles. The number of ether oxygens (including phenoxy) is 1. The molecule has 13 heteroatoms. The summed E-state index contributed by atoms with van der Waals surface area (Å²) >= 11 is 0. The zero-order chi connectivity index (χ0) is 27.0. The maximum Gasteiger partial charge on any atom is 0.280 e. The molecule has 0 saturated carbocycles. The number of carbonyl (C=O) groups is 1. The molecule has 0 unspecified atom stereocenters. The van der Waals surface area contributed by atoms with Gasteiger partial charge in [-0.25, -0.2) is 35.9 Å². The second kappa shape index (κ2) is 10.1. The number of alkyl halides is 3. The van der Waals surface area contributed by atoms with Crippen molar-refractivity contribution < 1.29 is 35.5 Å². The minimum absolute atomic E-state index is 0.125. The van der Waals surface area contributed by atoms with Crippen LogP contribution in [0.1, 0.15) is 33.7 Å². The molecule has 0 spiro atoms. The number of pyridine rings is 3. The Hall–Kier alpha value is -3.97. The van der Waals surface area contributed by atoms with Crippen LogP contribution in [0.25, 0.3) is 22.3 Å². The van der Waals surface area contributed by atoms with Gasteiger partial charge in [-0.05, 0) is 42.5 Å². The molecule has 0 radical (unpaired) electrons. The fourth-order valence-electron chi connectivity index (χ4n) is 3.90. The topological polar surface area (TPSA) is 111 Å². The minimum atomic E-state index is -4.54. The molecule has 0 saturated heterocycles. The third-order valence-electron chi connectivity index (χ3n) is 5.87. The average Bonchev–Trinajstić information content (AvgIpc) is 3.02. The highest BCUT2D eigenvalue weighted by Crippen LogP contribution is 2.29. The molecule has 4 heterocycles. The van der Waals surface area contributed by atoms with Crippen molar-refractivity contribution in [1.82, 2.24) is 20.3 Å². The van der Waals surface area contributed by atoms with E-state index in [1.54, 1.807) is 24.3 Å². The minimum Gasteiger partial charge on any atom is -0.372 e. The maximum absolute atomic E-state index is 14.6. The van der Waals surface area contributed by atoms with Crippen molar-refractivity contribution in [2.45, 2.75) is 30.0 Å². The SMILES string of the molecule is O=C(NCc1cc2nc(-c3cccc(C(F)F)n3)ccc2cn1)c1cc(F)c2c(c1)S(=O)(=O)[C@@H](F)COC2. The molecule has 1 aliphatic rings.